The highest BCUT2D eigenvalue weighted by molar-refractivity contribution is 7.98. The summed E-state index contributed by atoms with van der Waals surface area (Å²) < 4.78 is 22.6. The number of thioether (sulfide) groups is 1. The Balaban J connectivity index is 1.59. The number of sulfone groups is 1. The minimum Gasteiger partial charge on any atom is -0.312 e. The van der Waals surface area contributed by atoms with E-state index in [-0.39, 0.29) is 6.04 Å². The molecule has 1 fully saturated rings. The maximum Gasteiger partial charge on any atom is 0.151 e. The Bertz CT molecular complexity index is 502. The Morgan fingerprint density at radius 2 is 2.05 bits per heavy atom. The first-order valence-corrected chi connectivity index (χ1v) is 9.66. The summed E-state index contributed by atoms with van der Waals surface area (Å²) >= 11 is 7.67. The summed E-state index contributed by atoms with van der Waals surface area (Å²) in [5.41, 5.74) is 1.26. The van der Waals surface area contributed by atoms with Gasteiger partial charge in [0, 0.05) is 29.1 Å². The van der Waals surface area contributed by atoms with E-state index in [0.717, 1.165) is 29.5 Å². The Hall–Kier alpha value is -0.230. The first kappa shape index (κ1) is 15.2. The van der Waals surface area contributed by atoms with Crippen LogP contribution in [0.2, 0.25) is 5.02 Å². The third-order valence-corrected chi connectivity index (χ3v) is 6.14. The lowest BCUT2D eigenvalue weighted by Gasteiger charge is -2.10. The highest BCUT2D eigenvalue weighted by atomic mass is 35.5. The first-order chi connectivity index (χ1) is 9.05. The van der Waals surface area contributed by atoms with Gasteiger partial charge in [-0.3, -0.25) is 0 Å². The van der Waals surface area contributed by atoms with E-state index in [1.807, 2.05) is 36.0 Å². The molecule has 106 valence electrons. The second-order valence-electron chi connectivity index (χ2n) is 4.73. The van der Waals surface area contributed by atoms with E-state index in [9.17, 15) is 8.42 Å². The molecule has 1 saturated heterocycles. The van der Waals surface area contributed by atoms with Crippen LogP contribution in [0.4, 0.5) is 0 Å². The van der Waals surface area contributed by atoms with Crippen LogP contribution in [0.5, 0.6) is 0 Å². The fraction of sp³-hybridized carbons (Fsp3) is 0.538. The van der Waals surface area contributed by atoms with E-state index >= 15 is 0 Å². The van der Waals surface area contributed by atoms with Crippen molar-refractivity contribution < 1.29 is 8.42 Å². The molecule has 0 aromatic heterocycles. The van der Waals surface area contributed by atoms with Gasteiger partial charge in [-0.1, -0.05) is 23.7 Å². The van der Waals surface area contributed by atoms with Crippen molar-refractivity contribution in [3.63, 3.8) is 0 Å². The van der Waals surface area contributed by atoms with Crippen molar-refractivity contribution in [2.24, 2.45) is 0 Å². The number of hydrogen-bond donors (Lipinski definition) is 1. The molecule has 1 unspecified atom stereocenters. The lowest BCUT2D eigenvalue weighted by atomic mass is 10.2. The molecule has 1 heterocycles. The minimum absolute atomic E-state index is 0.154. The number of benzene rings is 1. The second-order valence-corrected chi connectivity index (χ2v) is 8.50. The summed E-state index contributed by atoms with van der Waals surface area (Å²) in [6.45, 7) is 0.860. The molecule has 1 aromatic carbocycles. The summed E-state index contributed by atoms with van der Waals surface area (Å²) in [6.07, 6.45) is 0.754. The van der Waals surface area contributed by atoms with Gasteiger partial charge in [0.05, 0.1) is 11.5 Å². The molecule has 0 amide bonds. The molecule has 1 aliphatic rings. The molecule has 0 bridgehead atoms. The van der Waals surface area contributed by atoms with Crippen LogP contribution >= 0.6 is 23.4 Å². The second kappa shape index (κ2) is 6.97. The predicted octanol–water partition coefficient (Wildman–Crippen LogP) is 2.35. The highest BCUT2D eigenvalue weighted by Gasteiger charge is 2.26. The lowest BCUT2D eigenvalue weighted by Crippen LogP contribution is -2.31. The van der Waals surface area contributed by atoms with Crippen LogP contribution < -0.4 is 5.32 Å². The highest BCUT2D eigenvalue weighted by Crippen LogP contribution is 2.15. The number of hydrogen-bond acceptors (Lipinski definition) is 4. The molecule has 1 aromatic rings. The van der Waals surface area contributed by atoms with Crippen molar-refractivity contribution in [2.75, 3.05) is 23.8 Å². The zero-order valence-electron chi connectivity index (χ0n) is 10.6. The Morgan fingerprint density at radius 1 is 1.32 bits per heavy atom. The third-order valence-electron chi connectivity index (χ3n) is 3.09. The number of rotatable bonds is 6. The van der Waals surface area contributed by atoms with Gasteiger partial charge in [0.2, 0.25) is 0 Å². The molecular formula is C13H18ClNO2S2. The Morgan fingerprint density at radius 3 is 2.68 bits per heavy atom. The van der Waals surface area contributed by atoms with Crippen LogP contribution in [0.25, 0.3) is 0 Å². The Labute approximate surface area is 124 Å². The minimum atomic E-state index is -2.77. The summed E-state index contributed by atoms with van der Waals surface area (Å²) in [5, 5.41) is 4.07. The molecular weight excluding hydrogens is 302 g/mol. The van der Waals surface area contributed by atoms with Crippen molar-refractivity contribution in [1.29, 1.82) is 0 Å². The molecule has 1 aliphatic heterocycles. The predicted molar refractivity (Wildman–Crippen MR) is 82.7 cm³/mol. The SMILES string of the molecule is O=S1(=O)CCC(NCCSCc2ccc(Cl)cc2)C1. The summed E-state index contributed by atoms with van der Waals surface area (Å²) in [6, 6.07) is 8.03. The maximum absolute atomic E-state index is 11.3. The first-order valence-electron chi connectivity index (χ1n) is 6.31. The van der Waals surface area contributed by atoms with Gasteiger partial charge in [-0.15, -0.1) is 0 Å². The van der Waals surface area contributed by atoms with Crippen molar-refractivity contribution in [2.45, 2.75) is 18.2 Å². The van der Waals surface area contributed by atoms with E-state index in [2.05, 4.69) is 5.32 Å². The molecule has 0 spiro atoms. The molecule has 6 heteroatoms. The van der Waals surface area contributed by atoms with Crippen LogP contribution in [0.1, 0.15) is 12.0 Å². The van der Waals surface area contributed by atoms with E-state index in [1.165, 1.54) is 5.56 Å². The molecule has 2 rings (SSSR count). The van der Waals surface area contributed by atoms with Gasteiger partial charge >= 0.3 is 0 Å². The van der Waals surface area contributed by atoms with Gasteiger partial charge in [0.15, 0.2) is 9.84 Å². The standard InChI is InChI=1S/C13H18ClNO2S2/c14-12-3-1-11(2-4-12)9-18-7-6-15-13-5-8-19(16,17)10-13/h1-4,13,15H,5-10H2. The Kier molecular flexibility index (Phi) is 5.57. The third kappa shape index (κ3) is 5.34. The largest absolute Gasteiger partial charge is 0.312 e. The number of halogens is 1. The van der Waals surface area contributed by atoms with Gasteiger partial charge in [-0.2, -0.15) is 11.8 Å². The average molecular weight is 320 g/mol. The topological polar surface area (TPSA) is 46.2 Å². The van der Waals surface area contributed by atoms with E-state index in [0.29, 0.717) is 11.5 Å². The summed E-state index contributed by atoms with van der Waals surface area (Å²) in [4.78, 5) is 0. The van der Waals surface area contributed by atoms with Gasteiger partial charge in [0.1, 0.15) is 0 Å². The van der Waals surface area contributed by atoms with Crippen molar-refractivity contribution in [3.05, 3.63) is 34.9 Å². The zero-order valence-corrected chi connectivity index (χ0v) is 13.0. The van der Waals surface area contributed by atoms with E-state index in [4.69, 9.17) is 11.6 Å². The van der Waals surface area contributed by atoms with Crippen molar-refractivity contribution in [1.82, 2.24) is 5.32 Å². The van der Waals surface area contributed by atoms with E-state index < -0.39 is 9.84 Å². The summed E-state index contributed by atoms with van der Waals surface area (Å²) in [5.74, 6) is 2.58. The lowest BCUT2D eigenvalue weighted by molar-refractivity contribution is 0.575. The fourth-order valence-corrected chi connectivity index (χ4v) is 4.73. The van der Waals surface area contributed by atoms with Gasteiger partial charge in [-0.05, 0) is 24.1 Å². The monoisotopic (exact) mass is 319 g/mol. The van der Waals surface area contributed by atoms with Crippen LogP contribution in [-0.2, 0) is 15.6 Å². The molecule has 0 aliphatic carbocycles. The normalized spacial score (nSPS) is 21.6. The quantitative estimate of drug-likeness (QED) is 0.818. The maximum atomic E-state index is 11.3. The smallest absolute Gasteiger partial charge is 0.151 e. The molecule has 0 saturated carbocycles. The average Bonchev–Trinajstić information content (AvgIpc) is 2.71. The molecule has 1 atom stereocenters. The van der Waals surface area contributed by atoms with Crippen LogP contribution in [0, 0.1) is 0 Å². The van der Waals surface area contributed by atoms with Gasteiger partial charge < -0.3 is 5.32 Å². The number of nitrogens with one attached hydrogen (secondary N) is 1. The van der Waals surface area contributed by atoms with Gasteiger partial charge in [-0.25, -0.2) is 8.42 Å². The molecule has 3 nitrogen and oxygen atoms in total. The summed E-state index contributed by atoms with van der Waals surface area (Å²) in [7, 11) is -2.77. The van der Waals surface area contributed by atoms with Crippen molar-refractivity contribution in [3.8, 4) is 0 Å². The van der Waals surface area contributed by atoms with Crippen LogP contribution in [0.15, 0.2) is 24.3 Å². The zero-order chi connectivity index (χ0) is 13.7. The van der Waals surface area contributed by atoms with E-state index in [1.54, 1.807) is 0 Å². The van der Waals surface area contributed by atoms with Crippen LogP contribution in [0.3, 0.4) is 0 Å². The van der Waals surface area contributed by atoms with Gasteiger partial charge in [0.25, 0.3) is 0 Å². The molecule has 19 heavy (non-hydrogen) atoms. The fourth-order valence-electron chi connectivity index (χ4n) is 2.06. The molecule has 1 N–H and O–H groups in total. The van der Waals surface area contributed by atoms with Crippen molar-refractivity contribution >= 4 is 33.2 Å². The molecule has 0 radical (unpaired) electrons. The van der Waals surface area contributed by atoms with Crippen LogP contribution in [-0.4, -0.2) is 38.3 Å².